The largest absolute Gasteiger partial charge is 0.508 e. The number of carboxylic acid groups (broad SMARTS) is 1. The molecule has 0 unspecified atom stereocenters. The highest BCUT2D eigenvalue weighted by Crippen LogP contribution is 2.32. The summed E-state index contributed by atoms with van der Waals surface area (Å²) in [5, 5.41) is 27.1. The second-order valence-corrected chi connectivity index (χ2v) is 17.5. The molecule has 328 valence electrons. The summed E-state index contributed by atoms with van der Waals surface area (Å²) in [6.07, 6.45) is 2.73. The Labute approximate surface area is 352 Å². The number of aromatic nitrogens is 1. The van der Waals surface area contributed by atoms with Crippen LogP contribution in [0.3, 0.4) is 0 Å². The van der Waals surface area contributed by atoms with Gasteiger partial charge < -0.3 is 35.2 Å². The third-order valence-electron chi connectivity index (χ3n) is 10.8. The molecule has 1 saturated heterocycles. The standard InChI is InChI=1S/C43H65N5O10S/c1-10-27(6)38(46-40(53)34-13-11-12-18-47(34)9)42(54)48(24-57-37(51)19-25(2)3)35(26(4)5)22-36(58-29(8)49)41-45-33(23-59-41)39(52)44-31(20-28(7)43(55)56)21-30-14-16-32(50)17-15-30/h14-17,23,25-28,31,34-36,38,50H,10-13,18-22,24H2,1-9H3,(H,44,52)(H,46,53)(H,55,56)/t27-,28-,31+,34-,35+,36+,38-/m0/s1. The van der Waals surface area contributed by atoms with E-state index in [1.54, 1.807) is 19.1 Å². The summed E-state index contributed by atoms with van der Waals surface area (Å²) in [6.45, 7) is 14.6. The van der Waals surface area contributed by atoms with Crippen molar-refractivity contribution in [2.24, 2.45) is 23.7 Å². The van der Waals surface area contributed by atoms with Gasteiger partial charge in [-0.05, 0) is 74.7 Å². The highest BCUT2D eigenvalue weighted by Gasteiger charge is 2.39. The first-order valence-corrected chi connectivity index (χ1v) is 21.6. The van der Waals surface area contributed by atoms with Gasteiger partial charge in [-0.15, -0.1) is 11.3 Å². The number of hydrogen-bond donors (Lipinski definition) is 4. The maximum atomic E-state index is 14.8. The van der Waals surface area contributed by atoms with Crippen molar-refractivity contribution in [2.45, 2.75) is 137 Å². The minimum atomic E-state index is -1.01. The Morgan fingerprint density at radius 1 is 1.00 bits per heavy atom. The van der Waals surface area contributed by atoms with Gasteiger partial charge >= 0.3 is 17.9 Å². The molecule has 1 aliphatic rings. The van der Waals surface area contributed by atoms with Gasteiger partial charge in [-0.2, -0.15) is 0 Å². The second-order valence-electron chi connectivity index (χ2n) is 16.6. The van der Waals surface area contributed by atoms with Crippen molar-refractivity contribution in [3.8, 4) is 5.75 Å². The monoisotopic (exact) mass is 843 g/mol. The van der Waals surface area contributed by atoms with E-state index in [0.717, 1.165) is 36.3 Å². The van der Waals surface area contributed by atoms with Gasteiger partial charge in [0.25, 0.3) is 5.91 Å². The van der Waals surface area contributed by atoms with Crippen LogP contribution in [0.2, 0.25) is 0 Å². The van der Waals surface area contributed by atoms with Gasteiger partial charge in [-0.1, -0.05) is 73.4 Å². The zero-order valence-electron chi connectivity index (χ0n) is 36.1. The van der Waals surface area contributed by atoms with Gasteiger partial charge in [0.1, 0.15) is 22.5 Å². The molecule has 1 aromatic heterocycles. The lowest BCUT2D eigenvalue weighted by Crippen LogP contribution is -2.59. The number of thiazole rings is 1. The number of phenolic OH excluding ortho intramolecular Hbond substituents is 1. The summed E-state index contributed by atoms with van der Waals surface area (Å²) < 4.78 is 11.5. The summed E-state index contributed by atoms with van der Waals surface area (Å²) in [6, 6.07) is 3.83. The Morgan fingerprint density at radius 2 is 1.68 bits per heavy atom. The average Bonchev–Trinajstić information content (AvgIpc) is 3.67. The van der Waals surface area contributed by atoms with Crippen molar-refractivity contribution in [1.82, 2.24) is 25.4 Å². The molecule has 16 heteroatoms. The van der Waals surface area contributed by atoms with Gasteiger partial charge in [0, 0.05) is 37.2 Å². The van der Waals surface area contributed by atoms with Gasteiger partial charge in [0.2, 0.25) is 11.8 Å². The Morgan fingerprint density at radius 3 is 2.25 bits per heavy atom. The average molecular weight is 844 g/mol. The van der Waals surface area contributed by atoms with E-state index >= 15 is 0 Å². The molecule has 0 saturated carbocycles. The smallest absolute Gasteiger partial charge is 0.307 e. The van der Waals surface area contributed by atoms with E-state index in [2.05, 4.69) is 15.6 Å². The van der Waals surface area contributed by atoms with E-state index in [0.29, 0.717) is 24.3 Å². The molecule has 3 amide bonds. The van der Waals surface area contributed by atoms with E-state index in [-0.39, 0.29) is 60.4 Å². The lowest BCUT2D eigenvalue weighted by Gasteiger charge is -2.39. The first-order valence-electron chi connectivity index (χ1n) is 20.7. The van der Waals surface area contributed by atoms with E-state index in [4.69, 9.17) is 9.47 Å². The summed E-state index contributed by atoms with van der Waals surface area (Å²) >= 11 is 1.10. The topological polar surface area (TPSA) is 205 Å². The van der Waals surface area contributed by atoms with Crippen molar-refractivity contribution < 1.29 is 48.5 Å². The zero-order valence-corrected chi connectivity index (χ0v) is 36.9. The molecule has 1 aromatic carbocycles. The number of ether oxygens (including phenoxy) is 2. The van der Waals surface area contributed by atoms with Crippen LogP contribution in [0.25, 0.3) is 0 Å². The summed E-state index contributed by atoms with van der Waals surface area (Å²) in [5.74, 6) is -4.54. The molecular formula is C43H65N5O10S. The first kappa shape index (κ1) is 48.8. The molecule has 0 radical (unpaired) electrons. The molecule has 0 aliphatic carbocycles. The number of carbonyl (C=O) groups excluding carboxylic acids is 5. The number of piperidine rings is 1. The number of likely N-dealkylation sites (N-methyl/N-ethyl adjacent to an activating group) is 1. The number of carbonyl (C=O) groups is 6. The van der Waals surface area contributed by atoms with Crippen molar-refractivity contribution >= 4 is 47.0 Å². The van der Waals surface area contributed by atoms with Gasteiger partial charge in [-0.25, -0.2) is 4.98 Å². The fourth-order valence-corrected chi connectivity index (χ4v) is 8.03. The maximum absolute atomic E-state index is 14.8. The maximum Gasteiger partial charge on any atom is 0.307 e. The SMILES string of the molecule is CC[C@H](C)[C@H](NC(=O)[C@@H]1CCCCN1C)C(=O)N(COC(=O)CC(C)C)[C@H](C[C@@H](OC(C)=O)c1nc(C(=O)N[C@@H](Cc2ccc(O)cc2)C[C@H](C)C(=O)O)cs1)C(C)C. The van der Waals surface area contributed by atoms with E-state index < -0.39 is 66.6 Å². The molecule has 0 bridgehead atoms. The molecule has 1 fully saturated rings. The first-order chi connectivity index (χ1) is 27.8. The van der Waals surface area contributed by atoms with Gasteiger partial charge in [0.05, 0.1) is 12.0 Å². The minimum Gasteiger partial charge on any atom is -0.508 e. The lowest BCUT2D eigenvalue weighted by atomic mass is 9.92. The van der Waals surface area contributed by atoms with Crippen LogP contribution in [0.4, 0.5) is 0 Å². The summed E-state index contributed by atoms with van der Waals surface area (Å²) in [4.78, 5) is 87.4. The van der Waals surface area contributed by atoms with Crippen molar-refractivity contribution in [3.05, 3.63) is 45.9 Å². The van der Waals surface area contributed by atoms with Gasteiger partial charge in [-0.3, -0.25) is 33.7 Å². The molecule has 15 nitrogen and oxygen atoms in total. The van der Waals surface area contributed by atoms with Crippen LogP contribution in [0.15, 0.2) is 29.6 Å². The van der Waals surface area contributed by atoms with E-state index in [1.165, 1.54) is 29.3 Å². The normalized spacial score (nSPS) is 17.6. The second kappa shape index (κ2) is 23.3. The fourth-order valence-electron chi connectivity index (χ4n) is 7.19. The Bertz CT molecular complexity index is 1720. The summed E-state index contributed by atoms with van der Waals surface area (Å²) in [5.41, 5.74) is 0.814. The third-order valence-corrected chi connectivity index (χ3v) is 11.8. The third kappa shape index (κ3) is 15.2. The van der Waals surface area contributed by atoms with Crippen LogP contribution >= 0.6 is 11.3 Å². The Kier molecular flexibility index (Phi) is 19.3. The fraction of sp³-hybridized carbons (Fsp3) is 0.651. The number of nitrogens with one attached hydrogen (secondary N) is 2. The lowest BCUT2D eigenvalue weighted by molar-refractivity contribution is -0.161. The highest BCUT2D eigenvalue weighted by atomic mass is 32.1. The van der Waals surface area contributed by atoms with Crippen molar-refractivity contribution in [3.63, 3.8) is 0 Å². The quantitative estimate of drug-likeness (QED) is 0.0832. The Hall–Kier alpha value is -4.57. The zero-order chi connectivity index (χ0) is 44.0. The molecule has 1 aliphatic heterocycles. The summed E-state index contributed by atoms with van der Waals surface area (Å²) in [7, 11) is 1.90. The van der Waals surface area contributed by atoms with Crippen LogP contribution < -0.4 is 10.6 Å². The van der Waals surface area contributed by atoms with Crippen molar-refractivity contribution in [1.29, 1.82) is 0 Å². The van der Waals surface area contributed by atoms with Crippen LogP contribution in [0.1, 0.15) is 127 Å². The number of amides is 3. The van der Waals surface area contributed by atoms with Crippen molar-refractivity contribution in [2.75, 3.05) is 20.3 Å². The molecule has 2 heterocycles. The number of benzene rings is 1. The van der Waals surface area contributed by atoms with Crippen LogP contribution in [0, 0.1) is 23.7 Å². The number of phenols is 1. The van der Waals surface area contributed by atoms with E-state index in [9.17, 15) is 39.0 Å². The number of esters is 2. The van der Waals surface area contributed by atoms with Crippen LogP contribution in [-0.4, -0.2) is 105 Å². The predicted octanol–water partition coefficient (Wildman–Crippen LogP) is 5.71. The van der Waals surface area contributed by atoms with Crippen LogP contribution in [-0.2, 0) is 39.9 Å². The van der Waals surface area contributed by atoms with Crippen LogP contribution in [0.5, 0.6) is 5.75 Å². The van der Waals surface area contributed by atoms with E-state index in [1.807, 2.05) is 53.5 Å². The molecule has 0 spiro atoms. The number of nitrogens with zero attached hydrogens (tertiary/aromatic N) is 3. The van der Waals surface area contributed by atoms with Gasteiger partial charge in [0.15, 0.2) is 12.8 Å². The Balaban J connectivity index is 1.96. The number of hydrogen-bond acceptors (Lipinski definition) is 12. The number of carboxylic acids is 1. The molecule has 4 N–H and O–H groups in total. The molecular weight excluding hydrogens is 779 g/mol. The molecule has 59 heavy (non-hydrogen) atoms. The predicted molar refractivity (Wildman–Crippen MR) is 223 cm³/mol. The number of likely N-dealkylation sites (tertiary alicyclic amines) is 1. The number of aliphatic carboxylic acids is 1. The minimum absolute atomic E-state index is 0.0143. The highest BCUT2D eigenvalue weighted by molar-refractivity contribution is 7.09. The molecule has 7 atom stereocenters. The number of rotatable bonds is 22. The molecule has 3 rings (SSSR count). The number of aromatic hydroxyl groups is 1. The molecule has 2 aromatic rings.